The van der Waals surface area contributed by atoms with Gasteiger partial charge < -0.3 is 15.8 Å². The number of amides is 1. The summed E-state index contributed by atoms with van der Waals surface area (Å²) in [7, 11) is 0. The summed E-state index contributed by atoms with van der Waals surface area (Å²) in [5, 5.41) is 2.90. The first-order valence-corrected chi connectivity index (χ1v) is 7.44. The predicted octanol–water partition coefficient (Wildman–Crippen LogP) is 1.63. The maximum absolute atomic E-state index is 11.9. The van der Waals surface area contributed by atoms with E-state index in [9.17, 15) is 4.79 Å². The molecule has 0 aliphatic carbocycles. The molecule has 1 heterocycles. The highest BCUT2D eigenvalue weighted by atomic mass is 16.5. The Kier molecular flexibility index (Phi) is 6.02. The fourth-order valence-corrected chi connectivity index (χ4v) is 2.41. The van der Waals surface area contributed by atoms with Crippen molar-refractivity contribution >= 4 is 5.91 Å². The summed E-state index contributed by atoms with van der Waals surface area (Å²) in [5.74, 6) is -0.0740. The molecule has 2 unspecified atom stereocenters. The van der Waals surface area contributed by atoms with Gasteiger partial charge in [-0.15, -0.1) is 0 Å². The highest BCUT2D eigenvalue weighted by Gasteiger charge is 2.17. The number of benzene rings is 1. The van der Waals surface area contributed by atoms with E-state index in [4.69, 9.17) is 10.5 Å². The van der Waals surface area contributed by atoms with Crippen LogP contribution in [0.15, 0.2) is 30.3 Å². The van der Waals surface area contributed by atoms with Gasteiger partial charge in [-0.1, -0.05) is 30.3 Å². The average molecular weight is 276 g/mol. The number of carbonyl (C=O) groups is 1. The summed E-state index contributed by atoms with van der Waals surface area (Å²) in [6, 6.07) is 9.66. The van der Waals surface area contributed by atoms with E-state index in [1.165, 1.54) is 12.0 Å². The Labute approximate surface area is 120 Å². The lowest BCUT2D eigenvalue weighted by molar-refractivity contribution is -0.123. The van der Waals surface area contributed by atoms with Crippen LogP contribution in [0.5, 0.6) is 0 Å². The largest absolute Gasteiger partial charge is 0.376 e. The van der Waals surface area contributed by atoms with Gasteiger partial charge >= 0.3 is 0 Å². The highest BCUT2D eigenvalue weighted by Crippen LogP contribution is 2.11. The lowest BCUT2D eigenvalue weighted by Crippen LogP contribution is -2.44. The van der Waals surface area contributed by atoms with Crippen LogP contribution in [-0.4, -0.2) is 31.2 Å². The van der Waals surface area contributed by atoms with E-state index in [-0.39, 0.29) is 12.0 Å². The van der Waals surface area contributed by atoms with Crippen LogP contribution >= 0.6 is 0 Å². The maximum atomic E-state index is 11.9. The van der Waals surface area contributed by atoms with Gasteiger partial charge in [0.25, 0.3) is 0 Å². The van der Waals surface area contributed by atoms with Crippen molar-refractivity contribution in [2.24, 2.45) is 5.73 Å². The first-order valence-electron chi connectivity index (χ1n) is 7.44. The van der Waals surface area contributed by atoms with E-state index in [1.54, 1.807) is 0 Å². The van der Waals surface area contributed by atoms with Crippen LogP contribution in [0.25, 0.3) is 0 Å². The first kappa shape index (κ1) is 15.0. The number of aryl methyl sites for hydroxylation is 1. The quantitative estimate of drug-likeness (QED) is 0.830. The van der Waals surface area contributed by atoms with Crippen molar-refractivity contribution in [3.8, 4) is 0 Å². The SMILES string of the molecule is NC(CCc1ccccc1)C(=O)NCC1CCCCO1. The van der Waals surface area contributed by atoms with Gasteiger partial charge in [-0.2, -0.15) is 0 Å². The Morgan fingerprint density at radius 1 is 1.35 bits per heavy atom. The van der Waals surface area contributed by atoms with Gasteiger partial charge in [-0.25, -0.2) is 0 Å². The van der Waals surface area contributed by atoms with Gasteiger partial charge in [0.2, 0.25) is 5.91 Å². The second kappa shape index (κ2) is 8.02. The molecule has 0 aromatic heterocycles. The minimum absolute atomic E-state index is 0.0740. The van der Waals surface area contributed by atoms with E-state index < -0.39 is 6.04 Å². The minimum atomic E-state index is -0.446. The molecule has 1 aliphatic rings. The Morgan fingerprint density at radius 2 is 2.15 bits per heavy atom. The second-order valence-corrected chi connectivity index (χ2v) is 5.36. The number of hydrogen-bond acceptors (Lipinski definition) is 3. The third-order valence-corrected chi connectivity index (χ3v) is 3.70. The molecule has 1 aliphatic heterocycles. The van der Waals surface area contributed by atoms with Crippen molar-refractivity contribution in [3.05, 3.63) is 35.9 Å². The maximum Gasteiger partial charge on any atom is 0.237 e. The van der Waals surface area contributed by atoms with Crippen molar-refractivity contribution < 1.29 is 9.53 Å². The Balaban J connectivity index is 1.66. The number of carbonyl (C=O) groups excluding carboxylic acids is 1. The summed E-state index contributed by atoms with van der Waals surface area (Å²) in [6.45, 7) is 1.39. The van der Waals surface area contributed by atoms with Crippen LogP contribution in [0.1, 0.15) is 31.2 Å². The summed E-state index contributed by atoms with van der Waals surface area (Å²) in [5.41, 5.74) is 7.14. The fourth-order valence-electron chi connectivity index (χ4n) is 2.41. The van der Waals surface area contributed by atoms with Gasteiger partial charge in [0.05, 0.1) is 12.1 Å². The zero-order valence-corrected chi connectivity index (χ0v) is 11.9. The molecular weight excluding hydrogens is 252 g/mol. The summed E-state index contributed by atoms with van der Waals surface area (Å²) < 4.78 is 5.58. The number of hydrogen-bond donors (Lipinski definition) is 2. The van der Waals surface area contributed by atoms with E-state index >= 15 is 0 Å². The molecule has 0 bridgehead atoms. The Bertz CT molecular complexity index is 402. The molecule has 110 valence electrons. The monoisotopic (exact) mass is 276 g/mol. The molecule has 1 amide bonds. The number of nitrogens with one attached hydrogen (secondary N) is 1. The zero-order chi connectivity index (χ0) is 14.2. The van der Waals surface area contributed by atoms with Crippen molar-refractivity contribution in [2.45, 2.75) is 44.2 Å². The van der Waals surface area contributed by atoms with Crippen molar-refractivity contribution in [3.63, 3.8) is 0 Å². The molecule has 3 N–H and O–H groups in total. The van der Waals surface area contributed by atoms with E-state index in [0.717, 1.165) is 25.9 Å². The topological polar surface area (TPSA) is 64.4 Å². The van der Waals surface area contributed by atoms with Gasteiger partial charge in [0.15, 0.2) is 0 Å². The third kappa shape index (κ3) is 4.94. The zero-order valence-electron chi connectivity index (χ0n) is 11.9. The molecule has 0 spiro atoms. The summed E-state index contributed by atoms with van der Waals surface area (Å²) in [4.78, 5) is 11.9. The molecule has 0 saturated carbocycles. The van der Waals surface area contributed by atoms with Gasteiger partial charge in [0, 0.05) is 13.2 Å². The highest BCUT2D eigenvalue weighted by molar-refractivity contribution is 5.81. The number of ether oxygens (including phenoxy) is 1. The Hall–Kier alpha value is -1.39. The molecule has 2 rings (SSSR count). The molecule has 1 aromatic rings. The molecule has 1 saturated heterocycles. The summed E-state index contributed by atoms with van der Waals surface area (Å²) >= 11 is 0. The van der Waals surface area contributed by atoms with E-state index in [1.807, 2.05) is 18.2 Å². The number of nitrogens with two attached hydrogens (primary N) is 1. The van der Waals surface area contributed by atoms with Crippen LogP contribution in [0.2, 0.25) is 0 Å². The van der Waals surface area contributed by atoms with Crippen LogP contribution in [0.4, 0.5) is 0 Å². The van der Waals surface area contributed by atoms with Crippen molar-refractivity contribution in [1.82, 2.24) is 5.32 Å². The van der Waals surface area contributed by atoms with Crippen LogP contribution in [0.3, 0.4) is 0 Å². The molecule has 2 atom stereocenters. The molecule has 4 heteroatoms. The van der Waals surface area contributed by atoms with E-state index in [0.29, 0.717) is 13.0 Å². The van der Waals surface area contributed by atoms with Crippen LogP contribution in [-0.2, 0) is 16.0 Å². The van der Waals surface area contributed by atoms with Crippen molar-refractivity contribution in [2.75, 3.05) is 13.2 Å². The van der Waals surface area contributed by atoms with Gasteiger partial charge in [0.1, 0.15) is 0 Å². The first-order chi connectivity index (χ1) is 9.75. The molecule has 4 nitrogen and oxygen atoms in total. The number of rotatable bonds is 6. The standard InChI is InChI=1S/C16H24N2O2/c17-15(10-9-13-6-2-1-3-7-13)16(19)18-12-14-8-4-5-11-20-14/h1-3,6-7,14-15H,4-5,8-12,17H2,(H,18,19). The fraction of sp³-hybridized carbons (Fsp3) is 0.562. The minimum Gasteiger partial charge on any atom is -0.376 e. The van der Waals surface area contributed by atoms with Crippen molar-refractivity contribution in [1.29, 1.82) is 0 Å². The van der Waals surface area contributed by atoms with Crippen LogP contribution in [0, 0.1) is 0 Å². The molecule has 20 heavy (non-hydrogen) atoms. The van der Waals surface area contributed by atoms with Crippen LogP contribution < -0.4 is 11.1 Å². The average Bonchev–Trinajstić information content (AvgIpc) is 2.52. The van der Waals surface area contributed by atoms with E-state index in [2.05, 4.69) is 17.4 Å². The predicted molar refractivity (Wildman–Crippen MR) is 79.3 cm³/mol. The Morgan fingerprint density at radius 3 is 2.85 bits per heavy atom. The lowest BCUT2D eigenvalue weighted by atomic mass is 10.0. The normalized spacial score (nSPS) is 20.4. The third-order valence-electron chi connectivity index (χ3n) is 3.70. The lowest BCUT2D eigenvalue weighted by Gasteiger charge is -2.23. The van der Waals surface area contributed by atoms with Gasteiger partial charge in [-0.05, 0) is 37.7 Å². The molecule has 0 radical (unpaired) electrons. The van der Waals surface area contributed by atoms with Gasteiger partial charge in [-0.3, -0.25) is 4.79 Å². The second-order valence-electron chi connectivity index (χ2n) is 5.36. The molecule has 1 aromatic carbocycles. The molecular formula is C16H24N2O2. The summed E-state index contributed by atoms with van der Waals surface area (Å²) in [6.07, 6.45) is 4.99. The smallest absolute Gasteiger partial charge is 0.237 e. The molecule has 1 fully saturated rings.